The van der Waals surface area contributed by atoms with Crippen molar-refractivity contribution in [2.24, 2.45) is 4.99 Å². The molecule has 0 radical (unpaired) electrons. The maximum atomic E-state index is 13.8. The van der Waals surface area contributed by atoms with Gasteiger partial charge < -0.3 is 24.7 Å². The molecule has 1 unspecified atom stereocenters. The second kappa shape index (κ2) is 13.8. The molecule has 0 spiro atoms. The monoisotopic (exact) mass is 532 g/mol. The highest BCUT2D eigenvalue weighted by atomic mass is 127. The zero-order valence-electron chi connectivity index (χ0n) is 17.6. The summed E-state index contributed by atoms with van der Waals surface area (Å²) in [4.78, 5) is 17.7. The summed E-state index contributed by atoms with van der Waals surface area (Å²) in [6, 6.07) is 10.1. The predicted octanol–water partition coefficient (Wildman–Crippen LogP) is 3.06. The Balaban J connectivity index is 0.00000450. The Labute approximate surface area is 194 Å². The molecule has 2 N–H and O–H groups in total. The second-order valence-corrected chi connectivity index (χ2v) is 6.67. The topological polar surface area (TPSA) is 79.1 Å². The third-order valence-electron chi connectivity index (χ3n) is 4.20. The molecule has 0 saturated heterocycles. The van der Waals surface area contributed by atoms with Crippen molar-refractivity contribution in [3.8, 4) is 5.75 Å². The number of carbonyl (C=O) groups is 1. The van der Waals surface area contributed by atoms with Gasteiger partial charge in [-0.1, -0.05) is 19.1 Å². The molecule has 0 bridgehead atoms. The van der Waals surface area contributed by atoms with Gasteiger partial charge in [-0.15, -0.1) is 24.0 Å². The lowest BCUT2D eigenvalue weighted by Crippen LogP contribution is -2.43. The fourth-order valence-corrected chi connectivity index (χ4v) is 2.42. The molecular weight excluding hydrogens is 502 g/mol. The Bertz CT molecular complexity index is 784. The van der Waals surface area contributed by atoms with E-state index in [0.29, 0.717) is 31.9 Å². The Morgan fingerprint density at radius 3 is 2.63 bits per heavy atom. The average molecular weight is 532 g/mol. The lowest BCUT2D eigenvalue weighted by molar-refractivity contribution is -0.127. The number of nitrogens with one attached hydrogen (secondary N) is 2. The van der Waals surface area contributed by atoms with E-state index in [4.69, 9.17) is 9.15 Å². The van der Waals surface area contributed by atoms with Gasteiger partial charge in [-0.2, -0.15) is 0 Å². The fourth-order valence-electron chi connectivity index (χ4n) is 2.42. The highest BCUT2D eigenvalue weighted by Gasteiger charge is 2.13. The highest BCUT2D eigenvalue weighted by Crippen LogP contribution is 2.17. The van der Waals surface area contributed by atoms with E-state index in [1.54, 1.807) is 38.6 Å². The molecular formula is C21H30FIN4O3. The van der Waals surface area contributed by atoms with Crippen LogP contribution in [0.15, 0.2) is 52.1 Å². The molecule has 1 heterocycles. The third kappa shape index (κ3) is 9.02. The van der Waals surface area contributed by atoms with Crippen LogP contribution in [0.3, 0.4) is 0 Å². The molecule has 166 valence electrons. The first-order valence-electron chi connectivity index (χ1n) is 9.65. The van der Waals surface area contributed by atoms with Crippen LogP contribution in [-0.2, 0) is 11.2 Å². The largest absolute Gasteiger partial charge is 0.486 e. The smallest absolute Gasteiger partial charge is 0.243 e. The van der Waals surface area contributed by atoms with Gasteiger partial charge in [-0.05, 0) is 30.7 Å². The number of hydrogen-bond acceptors (Lipinski definition) is 4. The van der Waals surface area contributed by atoms with Gasteiger partial charge in [0.1, 0.15) is 18.4 Å². The number of amides is 1. The molecule has 0 aliphatic carbocycles. The Morgan fingerprint density at radius 1 is 1.23 bits per heavy atom. The van der Waals surface area contributed by atoms with Crippen LogP contribution in [0, 0.1) is 5.82 Å². The molecule has 0 aliphatic rings. The van der Waals surface area contributed by atoms with Crippen molar-refractivity contribution < 1.29 is 18.3 Å². The lowest BCUT2D eigenvalue weighted by atomic mass is 10.2. The van der Waals surface area contributed by atoms with Crippen molar-refractivity contribution >= 4 is 35.8 Å². The molecule has 1 atom stereocenters. The molecule has 1 amide bonds. The van der Waals surface area contributed by atoms with Crippen molar-refractivity contribution in [2.75, 3.05) is 33.7 Å². The van der Waals surface area contributed by atoms with Crippen molar-refractivity contribution in [1.29, 1.82) is 0 Å². The predicted molar refractivity (Wildman–Crippen MR) is 126 cm³/mol. The average Bonchev–Trinajstić information content (AvgIpc) is 3.23. The summed E-state index contributed by atoms with van der Waals surface area (Å²) in [7, 11) is 3.37. The fraction of sp³-hybridized carbons (Fsp3) is 0.429. The van der Waals surface area contributed by atoms with Gasteiger partial charge in [0, 0.05) is 27.1 Å². The Kier molecular flexibility index (Phi) is 11.9. The second-order valence-electron chi connectivity index (χ2n) is 6.67. The van der Waals surface area contributed by atoms with Crippen LogP contribution in [0.25, 0.3) is 0 Å². The van der Waals surface area contributed by atoms with E-state index in [-0.39, 0.29) is 48.3 Å². The number of likely N-dealkylation sites (N-methyl/N-ethyl adjacent to an activating group) is 1. The quantitative estimate of drug-likeness (QED) is 0.280. The molecule has 1 aromatic carbocycles. The number of halogens is 2. The number of carbonyl (C=O) groups excluding carboxylic acids is 1. The molecule has 2 aromatic rings. The minimum Gasteiger partial charge on any atom is -0.486 e. The van der Waals surface area contributed by atoms with Crippen LogP contribution in [0.4, 0.5) is 4.39 Å². The standard InChI is InChI=1S/C21H29FN4O3.HI/c1-4-16(29-19-10-6-5-9-18(19)22)14-24-21(25-15-20(27)26(2)3)23-12-11-17-8-7-13-28-17;/h5-10,13,16H,4,11-12,14-15H2,1-3H3,(H2,23,24,25);1H. The summed E-state index contributed by atoms with van der Waals surface area (Å²) >= 11 is 0. The normalized spacial score (nSPS) is 11.9. The Morgan fingerprint density at radius 2 is 2.00 bits per heavy atom. The number of benzene rings is 1. The van der Waals surface area contributed by atoms with E-state index in [2.05, 4.69) is 15.6 Å². The zero-order valence-corrected chi connectivity index (χ0v) is 19.9. The van der Waals surface area contributed by atoms with Crippen LogP contribution in [-0.4, -0.2) is 56.6 Å². The van der Waals surface area contributed by atoms with Crippen molar-refractivity contribution in [3.05, 3.63) is 54.2 Å². The van der Waals surface area contributed by atoms with Gasteiger partial charge in [0.25, 0.3) is 0 Å². The maximum absolute atomic E-state index is 13.8. The number of nitrogens with zero attached hydrogens (tertiary/aromatic N) is 2. The molecule has 0 fully saturated rings. The molecule has 0 saturated carbocycles. The third-order valence-corrected chi connectivity index (χ3v) is 4.20. The van der Waals surface area contributed by atoms with Crippen LogP contribution in [0.2, 0.25) is 0 Å². The van der Waals surface area contributed by atoms with E-state index in [1.807, 2.05) is 19.1 Å². The van der Waals surface area contributed by atoms with Crippen molar-refractivity contribution in [3.63, 3.8) is 0 Å². The summed E-state index contributed by atoms with van der Waals surface area (Å²) in [6.45, 7) is 2.98. The van der Waals surface area contributed by atoms with E-state index >= 15 is 0 Å². The van der Waals surface area contributed by atoms with Gasteiger partial charge in [0.15, 0.2) is 17.5 Å². The van der Waals surface area contributed by atoms with Gasteiger partial charge in [-0.3, -0.25) is 4.79 Å². The van der Waals surface area contributed by atoms with E-state index < -0.39 is 5.82 Å². The number of furan rings is 1. The van der Waals surface area contributed by atoms with Crippen LogP contribution in [0.5, 0.6) is 5.75 Å². The zero-order chi connectivity index (χ0) is 21.1. The SMILES string of the molecule is CCC(CNC(=NCC(=O)N(C)C)NCCc1ccco1)Oc1ccccc1F.I. The number of ether oxygens (including phenoxy) is 1. The molecule has 0 aliphatic heterocycles. The number of para-hydroxylation sites is 1. The summed E-state index contributed by atoms with van der Waals surface area (Å²) < 4.78 is 24.9. The molecule has 2 rings (SSSR count). The summed E-state index contributed by atoms with van der Waals surface area (Å²) in [5.41, 5.74) is 0. The first-order valence-corrected chi connectivity index (χ1v) is 9.65. The summed E-state index contributed by atoms with van der Waals surface area (Å²) in [5, 5.41) is 6.36. The summed E-state index contributed by atoms with van der Waals surface area (Å²) in [5.74, 6) is 1.06. The Hall–Kier alpha value is -2.30. The van der Waals surface area contributed by atoms with E-state index in [1.165, 1.54) is 11.0 Å². The number of guanidine groups is 1. The van der Waals surface area contributed by atoms with Crippen molar-refractivity contribution in [2.45, 2.75) is 25.9 Å². The summed E-state index contributed by atoms with van der Waals surface area (Å²) in [6.07, 6.45) is 2.73. The molecule has 9 heteroatoms. The van der Waals surface area contributed by atoms with Crippen LogP contribution < -0.4 is 15.4 Å². The highest BCUT2D eigenvalue weighted by molar-refractivity contribution is 14.0. The van der Waals surface area contributed by atoms with Gasteiger partial charge in [0.2, 0.25) is 5.91 Å². The van der Waals surface area contributed by atoms with E-state index in [0.717, 1.165) is 5.76 Å². The van der Waals surface area contributed by atoms with E-state index in [9.17, 15) is 9.18 Å². The number of hydrogen-bond donors (Lipinski definition) is 2. The number of aliphatic imine (C=N–C) groups is 1. The van der Waals surface area contributed by atoms with Crippen molar-refractivity contribution in [1.82, 2.24) is 15.5 Å². The minimum absolute atomic E-state index is 0. The number of rotatable bonds is 10. The van der Waals surface area contributed by atoms with Crippen LogP contribution >= 0.6 is 24.0 Å². The van der Waals surface area contributed by atoms with Gasteiger partial charge in [0.05, 0.1) is 12.8 Å². The molecule has 7 nitrogen and oxygen atoms in total. The molecule has 30 heavy (non-hydrogen) atoms. The molecule has 1 aromatic heterocycles. The van der Waals surface area contributed by atoms with Gasteiger partial charge in [-0.25, -0.2) is 9.38 Å². The first kappa shape index (κ1) is 25.7. The van der Waals surface area contributed by atoms with Crippen LogP contribution in [0.1, 0.15) is 19.1 Å². The lowest BCUT2D eigenvalue weighted by Gasteiger charge is -2.20. The maximum Gasteiger partial charge on any atom is 0.243 e. The minimum atomic E-state index is -0.395. The van der Waals surface area contributed by atoms with Gasteiger partial charge >= 0.3 is 0 Å². The first-order chi connectivity index (χ1) is 14.0.